The van der Waals surface area contributed by atoms with Crippen LogP contribution in [-0.4, -0.2) is 41.8 Å². The Morgan fingerprint density at radius 3 is 2.81 bits per heavy atom. The quantitative estimate of drug-likeness (QED) is 0.731. The maximum Gasteiger partial charge on any atom is 0.260 e. The molecule has 0 spiro atoms. The Morgan fingerprint density at radius 2 is 2.31 bits per heavy atom. The Balaban J connectivity index is 2.18. The predicted molar refractivity (Wildman–Crippen MR) is 59.2 cm³/mol. The fourth-order valence-corrected chi connectivity index (χ4v) is 3.24. The van der Waals surface area contributed by atoms with Gasteiger partial charge in [-0.1, -0.05) is 0 Å². The van der Waals surface area contributed by atoms with Gasteiger partial charge in [0.15, 0.2) is 5.03 Å². The first-order chi connectivity index (χ1) is 7.66. The minimum Gasteiger partial charge on any atom is -0.335 e. The number of nitrogens with one attached hydrogen (secondary N) is 1. The topological polar surface area (TPSA) is 92.1 Å². The van der Waals surface area contributed by atoms with Gasteiger partial charge in [0.05, 0.1) is 12.5 Å². The molecule has 7 heteroatoms. The summed E-state index contributed by atoms with van der Waals surface area (Å²) in [6.07, 6.45) is 5.29. The molecule has 90 valence electrons. The number of hydrogen-bond acceptors (Lipinski definition) is 4. The Morgan fingerprint density at radius 1 is 1.56 bits per heavy atom. The van der Waals surface area contributed by atoms with Crippen LogP contribution in [0.2, 0.25) is 0 Å². The number of aromatic nitrogens is 2. The second kappa shape index (κ2) is 4.52. The van der Waals surface area contributed by atoms with Crippen molar-refractivity contribution in [2.24, 2.45) is 5.73 Å². The average Bonchev–Trinajstić information content (AvgIpc) is 2.92. The predicted octanol–water partition coefficient (Wildman–Crippen LogP) is -0.0884. The lowest BCUT2D eigenvalue weighted by Crippen LogP contribution is -2.35. The van der Waals surface area contributed by atoms with Crippen molar-refractivity contribution in [3.63, 3.8) is 0 Å². The number of rotatable bonds is 6. The fraction of sp³-hybridized carbons (Fsp3) is 0.667. The molecule has 0 unspecified atom stereocenters. The molecule has 6 nitrogen and oxygen atoms in total. The molecule has 1 saturated carbocycles. The molecule has 1 aliphatic carbocycles. The van der Waals surface area contributed by atoms with E-state index < -0.39 is 10.0 Å². The van der Waals surface area contributed by atoms with Gasteiger partial charge in [0, 0.05) is 12.6 Å². The summed E-state index contributed by atoms with van der Waals surface area (Å²) in [5, 5.41) is 0.163. The van der Waals surface area contributed by atoms with Gasteiger partial charge < -0.3 is 10.7 Å². The molecule has 3 N–H and O–H groups in total. The number of imidazole rings is 1. The number of H-pyrrole nitrogens is 1. The molecular weight excluding hydrogens is 228 g/mol. The van der Waals surface area contributed by atoms with Gasteiger partial charge in [0.1, 0.15) is 0 Å². The second-order valence-corrected chi connectivity index (χ2v) is 5.76. The summed E-state index contributed by atoms with van der Waals surface area (Å²) in [4.78, 5) is 6.39. The van der Waals surface area contributed by atoms with Crippen LogP contribution in [0.3, 0.4) is 0 Å². The normalized spacial score (nSPS) is 16.9. The third kappa shape index (κ3) is 2.26. The van der Waals surface area contributed by atoms with Crippen LogP contribution in [-0.2, 0) is 10.0 Å². The van der Waals surface area contributed by atoms with Crippen molar-refractivity contribution in [2.45, 2.75) is 30.3 Å². The van der Waals surface area contributed by atoms with Gasteiger partial charge in [-0.3, -0.25) is 0 Å². The van der Waals surface area contributed by atoms with Gasteiger partial charge in [-0.2, -0.15) is 4.31 Å². The smallest absolute Gasteiger partial charge is 0.260 e. The zero-order valence-corrected chi connectivity index (χ0v) is 9.78. The van der Waals surface area contributed by atoms with Crippen molar-refractivity contribution in [3.05, 3.63) is 12.5 Å². The zero-order valence-electron chi connectivity index (χ0n) is 8.96. The maximum atomic E-state index is 12.2. The Labute approximate surface area is 94.9 Å². The first-order valence-corrected chi connectivity index (χ1v) is 6.80. The molecule has 0 bridgehead atoms. The van der Waals surface area contributed by atoms with E-state index >= 15 is 0 Å². The Bertz CT molecular complexity index is 424. The highest BCUT2D eigenvalue weighted by atomic mass is 32.2. The molecule has 1 heterocycles. The van der Waals surface area contributed by atoms with E-state index in [2.05, 4.69) is 9.97 Å². The lowest BCUT2D eigenvalue weighted by Gasteiger charge is -2.20. The molecule has 2 rings (SSSR count). The molecule has 0 saturated heterocycles. The average molecular weight is 244 g/mol. The number of hydrogen-bond donors (Lipinski definition) is 2. The van der Waals surface area contributed by atoms with Gasteiger partial charge in [-0.25, -0.2) is 13.4 Å². The molecular formula is C9H16N4O2S. The third-order valence-corrected chi connectivity index (χ3v) is 4.47. The van der Waals surface area contributed by atoms with Crippen molar-refractivity contribution in [2.75, 3.05) is 13.1 Å². The summed E-state index contributed by atoms with van der Waals surface area (Å²) in [6.45, 7) is 0.990. The second-order valence-electron chi connectivity index (χ2n) is 3.91. The van der Waals surface area contributed by atoms with E-state index in [9.17, 15) is 8.42 Å². The van der Waals surface area contributed by atoms with Gasteiger partial charge in [-0.05, 0) is 25.8 Å². The van der Waals surface area contributed by atoms with E-state index in [1.165, 1.54) is 16.8 Å². The minimum absolute atomic E-state index is 0.153. The van der Waals surface area contributed by atoms with Crippen molar-refractivity contribution in [3.8, 4) is 0 Å². The van der Waals surface area contributed by atoms with Crippen LogP contribution in [0.4, 0.5) is 0 Å². The van der Waals surface area contributed by atoms with E-state index in [4.69, 9.17) is 5.73 Å². The van der Waals surface area contributed by atoms with Crippen LogP contribution in [0.15, 0.2) is 17.6 Å². The first-order valence-electron chi connectivity index (χ1n) is 5.36. The van der Waals surface area contributed by atoms with Crippen LogP contribution in [0.1, 0.15) is 19.3 Å². The van der Waals surface area contributed by atoms with Crippen LogP contribution in [0, 0.1) is 0 Å². The SMILES string of the molecule is NCCCN(C1CC1)S(=O)(=O)c1cnc[nH]1. The van der Waals surface area contributed by atoms with E-state index in [0.29, 0.717) is 19.5 Å². The largest absolute Gasteiger partial charge is 0.335 e. The summed E-state index contributed by atoms with van der Waals surface area (Å²) in [5.41, 5.74) is 5.42. The minimum atomic E-state index is -3.41. The van der Waals surface area contributed by atoms with Gasteiger partial charge in [-0.15, -0.1) is 0 Å². The zero-order chi connectivity index (χ0) is 11.6. The summed E-state index contributed by atoms with van der Waals surface area (Å²) in [7, 11) is -3.41. The molecule has 1 aromatic heterocycles. The van der Waals surface area contributed by atoms with Crippen molar-refractivity contribution >= 4 is 10.0 Å². The molecule has 1 fully saturated rings. The summed E-state index contributed by atoms with van der Waals surface area (Å²) >= 11 is 0. The lowest BCUT2D eigenvalue weighted by atomic mass is 10.4. The first kappa shape index (κ1) is 11.6. The van der Waals surface area contributed by atoms with Crippen LogP contribution in [0.5, 0.6) is 0 Å². The molecule has 0 aromatic carbocycles. The van der Waals surface area contributed by atoms with Crippen molar-refractivity contribution in [1.82, 2.24) is 14.3 Å². The monoisotopic (exact) mass is 244 g/mol. The van der Waals surface area contributed by atoms with E-state index in [1.807, 2.05) is 0 Å². The maximum absolute atomic E-state index is 12.2. The highest BCUT2D eigenvalue weighted by molar-refractivity contribution is 7.89. The van der Waals surface area contributed by atoms with Gasteiger partial charge >= 0.3 is 0 Å². The molecule has 0 radical (unpaired) electrons. The van der Waals surface area contributed by atoms with Crippen molar-refractivity contribution in [1.29, 1.82) is 0 Å². The summed E-state index contributed by atoms with van der Waals surface area (Å²) in [6, 6.07) is 0.153. The van der Waals surface area contributed by atoms with E-state index in [-0.39, 0.29) is 11.1 Å². The number of sulfonamides is 1. The molecule has 1 aliphatic rings. The summed E-state index contributed by atoms with van der Waals surface area (Å²) < 4.78 is 25.9. The van der Waals surface area contributed by atoms with E-state index in [1.54, 1.807) is 0 Å². The Hall–Kier alpha value is -0.920. The standard InChI is InChI=1S/C9H16N4O2S/c10-4-1-5-13(8-2-3-8)16(14,15)9-6-11-7-12-9/h6-8H,1-5,10H2,(H,11,12). The van der Waals surface area contributed by atoms with Gasteiger partial charge in [0.2, 0.25) is 0 Å². The summed E-state index contributed by atoms with van der Waals surface area (Å²) in [5.74, 6) is 0. The number of nitrogens with two attached hydrogens (primary N) is 1. The molecule has 1 aromatic rings. The number of aromatic amines is 1. The number of nitrogens with zero attached hydrogens (tertiary/aromatic N) is 2. The van der Waals surface area contributed by atoms with E-state index in [0.717, 1.165) is 12.8 Å². The van der Waals surface area contributed by atoms with Gasteiger partial charge in [0.25, 0.3) is 10.0 Å². The molecule has 0 atom stereocenters. The lowest BCUT2D eigenvalue weighted by molar-refractivity contribution is 0.398. The van der Waals surface area contributed by atoms with Crippen molar-refractivity contribution < 1.29 is 8.42 Å². The molecule has 0 aliphatic heterocycles. The molecule has 0 amide bonds. The molecule has 16 heavy (non-hydrogen) atoms. The van der Waals surface area contributed by atoms with Crippen LogP contribution < -0.4 is 5.73 Å². The van der Waals surface area contributed by atoms with Crippen LogP contribution >= 0.6 is 0 Å². The Kier molecular flexibility index (Phi) is 3.27. The fourth-order valence-electron chi connectivity index (χ4n) is 1.62. The highest BCUT2D eigenvalue weighted by Crippen LogP contribution is 2.31. The highest BCUT2D eigenvalue weighted by Gasteiger charge is 2.38. The van der Waals surface area contributed by atoms with Crippen LogP contribution in [0.25, 0.3) is 0 Å². The third-order valence-electron chi connectivity index (χ3n) is 2.60.